The Morgan fingerprint density at radius 3 is 2.21 bits per heavy atom. The predicted molar refractivity (Wildman–Crippen MR) is 79.8 cm³/mol. The van der Waals surface area contributed by atoms with Crippen LogP contribution in [0.25, 0.3) is 22.4 Å². The average Bonchev–Trinajstić information content (AvgIpc) is 2.49. The minimum atomic E-state index is 1.02. The zero-order valence-corrected chi connectivity index (χ0v) is 10.9. The second kappa shape index (κ2) is 5.07. The van der Waals surface area contributed by atoms with Gasteiger partial charge in [-0.05, 0) is 41.8 Å². The SMILES string of the molecule is Cc1cc(-c2ccccn2)ccc1-c1ccccc1. The van der Waals surface area contributed by atoms with E-state index in [1.807, 2.05) is 30.5 Å². The number of aryl methyl sites for hydroxylation is 1. The fourth-order valence-electron chi connectivity index (χ4n) is 2.30. The van der Waals surface area contributed by atoms with Gasteiger partial charge in [-0.25, -0.2) is 0 Å². The second-order valence-corrected chi connectivity index (χ2v) is 4.61. The summed E-state index contributed by atoms with van der Waals surface area (Å²) >= 11 is 0. The summed E-state index contributed by atoms with van der Waals surface area (Å²) in [5.74, 6) is 0. The molecule has 0 amide bonds. The normalized spacial score (nSPS) is 10.4. The molecule has 19 heavy (non-hydrogen) atoms. The maximum absolute atomic E-state index is 4.39. The highest BCUT2D eigenvalue weighted by atomic mass is 14.7. The molecule has 1 aromatic heterocycles. The third-order valence-electron chi connectivity index (χ3n) is 3.27. The van der Waals surface area contributed by atoms with Crippen molar-refractivity contribution in [3.63, 3.8) is 0 Å². The molecule has 0 aliphatic heterocycles. The summed E-state index contributed by atoms with van der Waals surface area (Å²) in [4.78, 5) is 4.39. The van der Waals surface area contributed by atoms with Crippen LogP contribution in [0.3, 0.4) is 0 Å². The maximum atomic E-state index is 4.39. The molecule has 3 aromatic rings. The molecule has 0 spiro atoms. The summed E-state index contributed by atoms with van der Waals surface area (Å²) in [7, 11) is 0. The molecular formula is C18H15N. The van der Waals surface area contributed by atoms with Crippen LogP contribution in [0.4, 0.5) is 0 Å². The van der Waals surface area contributed by atoms with Gasteiger partial charge in [0, 0.05) is 11.8 Å². The first kappa shape index (κ1) is 11.7. The fraction of sp³-hybridized carbons (Fsp3) is 0.0556. The minimum absolute atomic E-state index is 1.02. The third kappa shape index (κ3) is 2.41. The van der Waals surface area contributed by atoms with Crippen molar-refractivity contribution in [1.82, 2.24) is 4.98 Å². The van der Waals surface area contributed by atoms with Crippen molar-refractivity contribution < 1.29 is 0 Å². The van der Waals surface area contributed by atoms with Gasteiger partial charge in [0.1, 0.15) is 0 Å². The van der Waals surface area contributed by atoms with Crippen LogP contribution >= 0.6 is 0 Å². The first-order valence-corrected chi connectivity index (χ1v) is 6.42. The van der Waals surface area contributed by atoms with Gasteiger partial charge in [-0.2, -0.15) is 0 Å². The van der Waals surface area contributed by atoms with Crippen LogP contribution in [0.5, 0.6) is 0 Å². The predicted octanol–water partition coefficient (Wildman–Crippen LogP) is 4.72. The monoisotopic (exact) mass is 245 g/mol. The summed E-state index contributed by atoms with van der Waals surface area (Å²) in [6.07, 6.45) is 1.83. The van der Waals surface area contributed by atoms with E-state index in [1.54, 1.807) is 0 Å². The van der Waals surface area contributed by atoms with Gasteiger partial charge >= 0.3 is 0 Å². The Balaban J connectivity index is 2.04. The van der Waals surface area contributed by atoms with Crippen LogP contribution in [0.15, 0.2) is 72.9 Å². The van der Waals surface area contributed by atoms with Gasteiger partial charge in [-0.3, -0.25) is 4.98 Å². The second-order valence-electron chi connectivity index (χ2n) is 4.61. The van der Waals surface area contributed by atoms with E-state index in [9.17, 15) is 0 Å². The molecule has 1 heteroatoms. The Labute approximate surface area is 113 Å². The zero-order chi connectivity index (χ0) is 13.1. The maximum Gasteiger partial charge on any atom is 0.0702 e. The lowest BCUT2D eigenvalue weighted by molar-refractivity contribution is 1.32. The van der Waals surface area contributed by atoms with E-state index in [2.05, 4.69) is 54.4 Å². The Hall–Kier alpha value is -2.41. The number of hydrogen-bond donors (Lipinski definition) is 0. The van der Waals surface area contributed by atoms with Gasteiger partial charge < -0.3 is 0 Å². The van der Waals surface area contributed by atoms with E-state index >= 15 is 0 Å². The van der Waals surface area contributed by atoms with Crippen molar-refractivity contribution in [2.24, 2.45) is 0 Å². The molecule has 0 fully saturated rings. The smallest absolute Gasteiger partial charge is 0.0702 e. The van der Waals surface area contributed by atoms with Crippen molar-refractivity contribution in [3.8, 4) is 22.4 Å². The first-order valence-electron chi connectivity index (χ1n) is 6.42. The molecule has 1 heterocycles. The molecule has 3 rings (SSSR count). The standard InChI is InChI=1S/C18H15N/c1-14-13-16(18-9-5-6-12-19-18)10-11-17(14)15-7-3-2-4-8-15/h2-13H,1H3. The van der Waals surface area contributed by atoms with E-state index in [-0.39, 0.29) is 0 Å². The van der Waals surface area contributed by atoms with E-state index in [0.717, 1.165) is 11.3 Å². The van der Waals surface area contributed by atoms with Crippen LogP contribution in [0.2, 0.25) is 0 Å². The molecule has 0 atom stereocenters. The number of benzene rings is 2. The number of hydrogen-bond acceptors (Lipinski definition) is 1. The lowest BCUT2D eigenvalue weighted by atomic mass is 9.97. The summed E-state index contributed by atoms with van der Waals surface area (Å²) in [5, 5.41) is 0. The summed E-state index contributed by atoms with van der Waals surface area (Å²) in [6.45, 7) is 2.15. The summed E-state index contributed by atoms with van der Waals surface area (Å²) < 4.78 is 0. The van der Waals surface area contributed by atoms with Gasteiger partial charge in [-0.1, -0.05) is 48.5 Å². The van der Waals surface area contributed by atoms with Gasteiger partial charge in [0.05, 0.1) is 5.69 Å². The van der Waals surface area contributed by atoms with Crippen LogP contribution in [0.1, 0.15) is 5.56 Å². The average molecular weight is 245 g/mol. The highest BCUT2D eigenvalue weighted by Gasteiger charge is 2.04. The number of aromatic nitrogens is 1. The van der Waals surface area contributed by atoms with Crippen LogP contribution in [0, 0.1) is 6.92 Å². The summed E-state index contributed by atoms with van der Waals surface area (Å²) in [6, 6.07) is 23.0. The van der Waals surface area contributed by atoms with E-state index in [1.165, 1.54) is 16.7 Å². The summed E-state index contributed by atoms with van der Waals surface area (Å²) in [5.41, 5.74) is 5.99. The molecule has 2 aromatic carbocycles. The third-order valence-corrected chi connectivity index (χ3v) is 3.27. The van der Waals surface area contributed by atoms with Gasteiger partial charge in [0.25, 0.3) is 0 Å². The highest BCUT2D eigenvalue weighted by molar-refractivity contribution is 5.72. The molecule has 0 aliphatic carbocycles. The van der Waals surface area contributed by atoms with Crippen molar-refractivity contribution in [2.75, 3.05) is 0 Å². The zero-order valence-electron chi connectivity index (χ0n) is 10.9. The Kier molecular flexibility index (Phi) is 3.11. The largest absolute Gasteiger partial charge is 0.256 e. The Morgan fingerprint density at radius 2 is 1.53 bits per heavy atom. The van der Waals surface area contributed by atoms with E-state index in [4.69, 9.17) is 0 Å². The molecule has 0 saturated heterocycles. The Bertz CT molecular complexity index is 673. The van der Waals surface area contributed by atoms with Gasteiger partial charge in [0.2, 0.25) is 0 Å². The molecule has 0 aliphatic rings. The van der Waals surface area contributed by atoms with Crippen molar-refractivity contribution in [3.05, 3.63) is 78.5 Å². The minimum Gasteiger partial charge on any atom is -0.256 e. The Morgan fingerprint density at radius 1 is 0.737 bits per heavy atom. The van der Waals surface area contributed by atoms with Crippen LogP contribution in [-0.2, 0) is 0 Å². The van der Waals surface area contributed by atoms with Crippen LogP contribution in [-0.4, -0.2) is 4.98 Å². The van der Waals surface area contributed by atoms with Crippen LogP contribution < -0.4 is 0 Å². The fourth-order valence-corrected chi connectivity index (χ4v) is 2.30. The van der Waals surface area contributed by atoms with Gasteiger partial charge in [-0.15, -0.1) is 0 Å². The molecule has 0 N–H and O–H groups in total. The van der Waals surface area contributed by atoms with E-state index < -0.39 is 0 Å². The first-order chi connectivity index (χ1) is 9.34. The van der Waals surface area contributed by atoms with E-state index in [0.29, 0.717) is 0 Å². The molecule has 0 radical (unpaired) electrons. The number of pyridine rings is 1. The number of rotatable bonds is 2. The van der Waals surface area contributed by atoms with Crippen molar-refractivity contribution in [1.29, 1.82) is 0 Å². The van der Waals surface area contributed by atoms with Crippen molar-refractivity contribution >= 4 is 0 Å². The molecule has 0 unspecified atom stereocenters. The molecule has 92 valence electrons. The highest BCUT2D eigenvalue weighted by Crippen LogP contribution is 2.27. The quantitative estimate of drug-likeness (QED) is 0.636. The molecule has 0 bridgehead atoms. The molecular weight excluding hydrogens is 230 g/mol. The topological polar surface area (TPSA) is 12.9 Å². The lowest BCUT2D eigenvalue weighted by Gasteiger charge is -2.08. The number of nitrogens with zero attached hydrogens (tertiary/aromatic N) is 1. The lowest BCUT2D eigenvalue weighted by Crippen LogP contribution is -1.87. The van der Waals surface area contributed by atoms with Gasteiger partial charge in [0.15, 0.2) is 0 Å². The molecule has 0 saturated carbocycles. The molecule has 1 nitrogen and oxygen atoms in total. The van der Waals surface area contributed by atoms with Crippen molar-refractivity contribution in [2.45, 2.75) is 6.92 Å².